The van der Waals surface area contributed by atoms with E-state index in [1.54, 1.807) is 0 Å². The Morgan fingerprint density at radius 2 is 2.00 bits per heavy atom. The monoisotopic (exact) mass is 272 g/mol. The van der Waals surface area contributed by atoms with Crippen molar-refractivity contribution >= 4 is 6.29 Å². The molecule has 2 heteroatoms. The Labute approximate surface area is 121 Å². The first-order valence-corrected chi connectivity index (χ1v) is 7.79. The Morgan fingerprint density at radius 1 is 1.25 bits per heavy atom. The number of carbonyl (C=O) groups is 1. The van der Waals surface area contributed by atoms with Crippen molar-refractivity contribution in [1.29, 1.82) is 0 Å². The first kappa shape index (κ1) is 13.8. The fourth-order valence-electron chi connectivity index (χ4n) is 4.52. The quantitative estimate of drug-likeness (QED) is 0.857. The summed E-state index contributed by atoms with van der Waals surface area (Å²) in [6, 6.07) is 10.5. The number of hydrogen-bond donors (Lipinski definition) is 1. The molecule has 0 bridgehead atoms. The number of fused-ring (bicyclic) bond motifs is 1. The van der Waals surface area contributed by atoms with E-state index >= 15 is 0 Å². The summed E-state index contributed by atoms with van der Waals surface area (Å²) in [6.45, 7) is 2.12. The topological polar surface area (TPSA) is 37.3 Å². The lowest BCUT2D eigenvalue weighted by Gasteiger charge is -2.48. The second-order valence-electron chi connectivity index (χ2n) is 7.03. The predicted octanol–water partition coefficient (Wildman–Crippen LogP) is 3.38. The first-order chi connectivity index (χ1) is 9.57. The molecule has 2 nitrogen and oxygen atoms in total. The number of carbonyl (C=O) groups excluding carboxylic acids is 1. The highest BCUT2D eigenvalue weighted by atomic mass is 16.3. The van der Waals surface area contributed by atoms with Gasteiger partial charge in [-0.3, -0.25) is 0 Å². The third-order valence-electron chi connectivity index (χ3n) is 5.98. The molecule has 2 fully saturated rings. The van der Waals surface area contributed by atoms with Crippen molar-refractivity contribution in [2.24, 2.45) is 17.3 Å². The van der Waals surface area contributed by atoms with Gasteiger partial charge in [0.2, 0.25) is 0 Å². The van der Waals surface area contributed by atoms with Gasteiger partial charge in [-0.05, 0) is 50.0 Å². The Kier molecular flexibility index (Phi) is 3.45. The maximum atomic E-state index is 11.3. The van der Waals surface area contributed by atoms with E-state index in [9.17, 15) is 9.90 Å². The van der Waals surface area contributed by atoms with Crippen molar-refractivity contribution in [2.75, 3.05) is 0 Å². The summed E-state index contributed by atoms with van der Waals surface area (Å²) in [5, 5.41) is 11.1. The van der Waals surface area contributed by atoms with Gasteiger partial charge in [0.05, 0.1) is 5.60 Å². The van der Waals surface area contributed by atoms with Crippen molar-refractivity contribution in [1.82, 2.24) is 0 Å². The SMILES string of the molecule is C[C@]12CC[C@@H](Cc3ccccc3)C[C@@]1(O)CC[C@@H]2C=O. The summed E-state index contributed by atoms with van der Waals surface area (Å²) in [6.07, 6.45) is 6.72. The van der Waals surface area contributed by atoms with Gasteiger partial charge in [0.1, 0.15) is 6.29 Å². The molecule has 0 spiro atoms. The van der Waals surface area contributed by atoms with Crippen LogP contribution in [-0.4, -0.2) is 17.0 Å². The normalized spacial score (nSPS) is 40.3. The second kappa shape index (κ2) is 5.00. The minimum absolute atomic E-state index is 0.0465. The predicted molar refractivity (Wildman–Crippen MR) is 79.3 cm³/mol. The zero-order chi connectivity index (χ0) is 14.2. The summed E-state index contributed by atoms with van der Waals surface area (Å²) in [5.74, 6) is 0.589. The highest BCUT2D eigenvalue weighted by Gasteiger charge is 2.58. The number of aldehydes is 1. The van der Waals surface area contributed by atoms with Crippen molar-refractivity contribution in [3.8, 4) is 0 Å². The van der Waals surface area contributed by atoms with Crippen LogP contribution in [0.5, 0.6) is 0 Å². The van der Waals surface area contributed by atoms with E-state index < -0.39 is 5.60 Å². The van der Waals surface area contributed by atoms with E-state index in [2.05, 4.69) is 31.2 Å². The van der Waals surface area contributed by atoms with Crippen LogP contribution in [0.3, 0.4) is 0 Å². The molecule has 0 aromatic heterocycles. The average molecular weight is 272 g/mol. The molecule has 4 atom stereocenters. The molecule has 3 rings (SSSR count). The maximum absolute atomic E-state index is 11.3. The molecular formula is C18H24O2. The molecule has 0 radical (unpaired) electrons. The van der Waals surface area contributed by atoms with Crippen LogP contribution in [-0.2, 0) is 11.2 Å². The third kappa shape index (κ3) is 2.10. The lowest BCUT2D eigenvalue weighted by atomic mass is 9.59. The van der Waals surface area contributed by atoms with Crippen LogP contribution in [0, 0.1) is 17.3 Å². The van der Waals surface area contributed by atoms with Crippen molar-refractivity contribution in [2.45, 2.75) is 51.0 Å². The van der Waals surface area contributed by atoms with Crippen molar-refractivity contribution in [3.63, 3.8) is 0 Å². The number of benzene rings is 1. The summed E-state index contributed by atoms with van der Waals surface area (Å²) >= 11 is 0. The molecule has 2 aliphatic carbocycles. The van der Waals surface area contributed by atoms with Gasteiger partial charge in [0.15, 0.2) is 0 Å². The van der Waals surface area contributed by atoms with E-state index in [-0.39, 0.29) is 11.3 Å². The smallest absolute Gasteiger partial charge is 0.123 e. The van der Waals surface area contributed by atoms with Gasteiger partial charge in [-0.1, -0.05) is 37.3 Å². The Balaban J connectivity index is 1.74. The second-order valence-corrected chi connectivity index (χ2v) is 7.03. The third-order valence-corrected chi connectivity index (χ3v) is 5.98. The number of rotatable bonds is 3. The lowest BCUT2D eigenvalue weighted by Crippen LogP contribution is -2.50. The molecule has 2 aliphatic rings. The van der Waals surface area contributed by atoms with Crippen LogP contribution >= 0.6 is 0 Å². The van der Waals surface area contributed by atoms with Crippen molar-refractivity contribution < 1.29 is 9.90 Å². The summed E-state index contributed by atoms with van der Waals surface area (Å²) < 4.78 is 0. The standard InChI is InChI=1S/C18H24O2/c1-17-9-7-15(11-14-5-3-2-4-6-14)12-18(17,20)10-8-16(17)13-19/h2-6,13,15-16,20H,7-12H2,1H3/t15-,16+,17+,18-/m0/s1. The Bertz CT molecular complexity index is 483. The molecule has 0 aliphatic heterocycles. The van der Waals surface area contributed by atoms with E-state index in [0.717, 1.165) is 44.8 Å². The number of aliphatic hydroxyl groups is 1. The molecule has 0 unspecified atom stereocenters. The zero-order valence-corrected chi connectivity index (χ0v) is 12.2. The minimum atomic E-state index is -0.629. The van der Waals surface area contributed by atoms with Gasteiger partial charge in [-0.15, -0.1) is 0 Å². The van der Waals surface area contributed by atoms with Crippen LogP contribution in [0.4, 0.5) is 0 Å². The van der Waals surface area contributed by atoms with Crippen LogP contribution in [0.1, 0.15) is 44.6 Å². The van der Waals surface area contributed by atoms with Gasteiger partial charge in [0, 0.05) is 11.3 Å². The van der Waals surface area contributed by atoms with Crippen LogP contribution in [0.2, 0.25) is 0 Å². The molecule has 0 amide bonds. The average Bonchev–Trinajstić information content (AvgIpc) is 2.71. The van der Waals surface area contributed by atoms with Crippen LogP contribution in [0.25, 0.3) is 0 Å². The molecule has 20 heavy (non-hydrogen) atoms. The van der Waals surface area contributed by atoms with Crippen LogP contribution < -0.4 is 0 Å². The summed E-state index contributed by atoms with van der Waals surface area (Å²) in [4.78, 5) is 11.3. The van der Waals surface area contributed by atoms with E-state index in [0.29, 0.717) is 5.92 Å². The highest BCUT2D eigenvalue weighted by Crippen LogP contribution is 2.58. The first-order valence-electron chi connectivity index (χ1n) is 7.79. The fraction of sp³-hybridized carbons (Fsp3) is 0.611. The van der Waals surface area contributed by atoms with E-state index in [1.165, 1.54) is 5.56 Å². The summed E-state index contributed by atoms with van der Waals surface area (Å²) in [7, 11) is 0. The van der Waals surface area contributed by atoms with Gasteiger partial charge >= 0.3 is 0 Å². The molecule has 0 heterocycles. The fourth-order valence-corrected chi connectivity index (χ4v) is 4.52. The van der Waals surface area contributed by atoms with E-state index in [4.69, 9.17) is 0 Å². The molecule has 1 N–H and O–H groups in total. The molecule has 0 saturated heterocycles. The molecule has 108 valence electrons. The maximum Gasteiger partial charge on any atom is 0.123 e. The summed E-state index contributed by atoms with van der Waals surface area (Å²) in [5.41, 5.74) is 0.535. The highest BCUT2D eigenvalue weighted by molar-refractivity contribution is 5.57. The molecule has 1 aromatic rings. The number of hydrogen-bond acceptors (Lipinski definition) is 2. The van der Waals surface area contributed by atoms with E-state index in [1.807, 2.05) is 6.07 Å². The van der Waals surface area contributed by atoms with Gasteiger partial charge in [-0.25, -0.2) is 0 Å². The van der Waals surface area contributed by atoms with Gasteiger partial charge < -0.3 is 9.90 Å². The van der Waals surface area contributed by atoms with Crippen molar-refractivity contribution in [3.05, 3.63) is 35.9 Å². The largest absolute Gasteiger partial charge is 0.389 e. The minimum Gasteiger partial charge on any atom is -0.389 e. The van der Waals surface area contributed by atoms with Crippen LogP contribution in [0.15, 0.2) is 30.3 Å². The molecular weight excluding hydrogens is 248 g/mol. The Morgan fingerprint density at radius 3 is 2.70 bits per heavy atom. The Hall–Kier alpha value is -1.15. The molecule has 1 aromatic carbocycles. The van der Waals surface area contributed by atoms with Gasteiger partial charge in [0.25, 0.3) is 0 Å². The zero-order valence-electron chi connectivity index (χ0n) is 12.2. The lowest BCUT2D eigenvalue weighted by molar-refractivity contribution is -0.131. The molecule has 2 saturated carbocycles. The van der Waals surface area contributed by atoms with Gasteiger partial charge in [-0.2, -0.15) is 0 Å².